The van der Waals surface area contributed by atoms with E-state index < -0.39 is 11.9 Å². The van der Waals surface area contributed by atoms with Crippen molar-refractivity contribution >= 4 is 11.9 Å². The average molecular weight is 438 g/mol. The third kappa shape index (κ3) is 42.8. The summed E-state index contributed by atoms with van der Waals surface area (Å²) in [7, 11) is 0. The molecule has 20 heavy (non-hydrogen) atoms. The molecule has 0 rings (SSSR count). The van der Waals surface area contributed by atoms with Crippen LogP contribution in [0.1, 0.15) is 52.9 Å². The number of hydrogen-bond acceptors (Lipinski definition) is 4. The van der Waals surface area contributed by atoms with Gasteiger partial charge in [-0.3, -0.25) is 0 Å². The van der Waals surface area contributed by atoms with Gasteiger partial charge in [0, 0.05) is 5.97 Å². The topological polar surface area (TPSA) is 80.3 Å². The van der Waals surface area contributed by atoms with E-state index in [-0.39, 0.29) is 64.9 Å². The average Bonchev–Trinajstić information content (AvgIpc) is 2.16. The molecule has 0 bridgehead atoms. The molecule has 0 atom stereocenters. The predicted octanol–water partition coefficient (Wildman–Crippen LogP) is 0.648. The Kier molecular flexibility index (Phi) is 31.8. The standard InChI is InChI=1S/C10H20O2.C3H4O2.3Zn/c1-10(2,3)8-6-4-5-7-9(11)12;1-2-3(4)5;;;/h4-8H2,1-3H3,(H,11,12);2H,1H2,(H,4,5);;;/q;;3*+2/p-2. The molecule has 0 radical (unpaired) electrons. The van der Waals surface area contributed by atoms with Gasteiger partial charge >= 0.3 is 58.4 Å². The summed E-state index contributed by atoms with van der Waals surface area (Å²) < 4.78 is 0. The molecule has 100 valence electrons. The molecule has 0 unspecified atom stereocenters. The van der Waals surface area contributed by atoms with E-state index in [1.807, 2.05) is 0 Å². The van der Waals surface area contributed by atoms with Crippen molar-refractivity contribution in [1.82, 2.24) is 0 Å². The van der Waals surface area contributed by atoms with Gasteiger partial charge in [-0.2, -0.15) is 0 Å². The normalized spacial score (nSPS) is 8.55. The molecule has 0 saturated heterocycles. The molecule has 0 aromatic heterocycles. The Labute approximate surface area is 160 Å². The summed E-state index contributed by atoms with van der Waals surface area (Å²) in [5.74, 6) is -2.16. The molecule has 0 fully saturated rings. The second-order valence-corrected chi connectivity index (χ2v) is 5.02. The van der Waals surface area contributed by atoms with Crippen LogP contribution in [0, 0.1) is 5.41 Å². The summed E-state index contributed by atoms with van der Waals surface area (Å²) in [6.07, 6.45) is 4.99. The van der Waals surface area contributed by atoms with Crippen molar-refractivity contribution in [1.29, 1.82) is 0 Å². The molecule has 0 aromatic carbocycles. The third-order valence-electron chi connectivity index (χ3n) is 1.97. The molecule has 0 aliphatic carbocycles. The number of carboxylic acids is 2. The fraction of sp³-hybridized carbons (Fsp3) is 0.692. The number of carboxylic acid groups (broad SMARTS) is 2. The zero-order chi connectivity index (χ0) is 13.9. The van der Waals surface area contributed by atoms with Crippen LogP contribution in [0.4, 0.5) is 0 Å². The first-order valence-electron chi connectivity index (χ1n) is 5.72. The van der Waals surface area contributed by atoms with E-state index in [1.54, 1.807) is 0 Å². The second kappa shape index (κ2) is 19.6. The van der Waals surface area contributed by atoms with Crippen LogP contribution in [0.25, 0.3) is 0 Å². The molecular formula is C13H22O4Zn3+4. The molecule has 0 N–H and O–H groups in total. The molecule has 0 aliphatic rings. The maximum absolute atomic E-state index is 10.0. The monoisotopic (exact) mass is 434 g/mol. The number of aliphatic carboxylic acids is 2. The maximum Gasteiger partial charge on any atom is 2.00 e. The van der Waals surface area contributed by atoms with Crippen molar-refractivity contribution in [2.45, 2.75) is 52.9 Å². The SMILES string of the molecule is C=CC(=O)[O-].CC(C)(C)CCCCCC(=O)[O-].[Zn+2].[Zn+2].[Zn+2]. The van der Waals surface area contributed by atoms with Crippen LogP contribution in [0.3, 0.4) is 0 Å². The summed E-state index contributed by atoms with van der Waals surface area (Å²) in [5, 5.41) is 19.2. The summed E-state index contributed by atoms with van der Waals surface area (Å²) in [6.45, 7) is 9.50. The Hall–Kier alpha value is 0.550. The molecule has 0 saturated carbocycles. The van der Waals surface area contributed by atoms with Crippen molar-refractivity contribution in [2.75, 3.05) is 0 Å². The van der Waals surface area contributed by atoms with Crippen LogP contribution in [-0.4, -0.2) is 11.9 Å². The minimum Gasteiger partial charge on any atom is -0.550 e. The van der Waals surface area contributed by atoms with Crippen LogP contribution in [0.15, 0.2) is 12.7 Å². The van der Waals surface area contributed by atoms with Gasteiger partial charge in [0.25, 0.3) is 0 Å². The minimum absolute atomic E-state index is 0. The van der Waals surface area contributed by atoms with Crippen LogP contribution in [0.2, 0.25) is 0 Å². The van der Waals surface area contributed by atoms with E-state index in [0.717, 1.165) is 25.3 Å². The zero-order valence-corrected chi connectivity index (χ0v) is 22.0. The molecule has 0 aromatic rings. The number of carbonyl (C=O) groups excluding carboxylic acids is 2. The van der Waals surface area contributed by atoms with Crippen LogP contribution in [0.5, 0.6) is 0 Å². The predicted molar refractivity (Wildman–Crippen MR) is 62.8 cm³/mol. The van der Waals surface area contributed by atoms with Crippen LogP contribution >= 0.6 is 0 Å². The summed E-state index contributed by atoms with van der Waals surface area (Å²) >= 11 is 0. The Morgan fingerprint density at radius 1 is 1.00 bits per heavy atom. The van der Waals surface area contributed by atoms with Gasteiger partial charge in [-0.1, -0.05) is 40.2 Å². The van der Waals surface area contributed by atoms with E-state index >= 15 is 0 Å². The van der Waals surface area contributed by atoms with E-state index in [9.17, 15) is 9.90 Å². The van der Waals surface area contributed by atoms with E-state index in [2.05, 4.69) is 27.4 Å². The van der Waals surface area contributed by atoms with Gasteiger partial charge in [0.2, 0.25) is 0 Å². The molecule has 4 nitrogen and oxygen atoms in total. The van der Waals surface area contributed by atoms with Gasteiger partial charge in [0.1, 0.15) is 0 Å². The Morgan fingerprint density at radius 2 is 1.40 bits per heavy atom. The van der Waals surface area contributed by atoms with E-state index in [0.29, 0.717) is 5.41 Å². The van der Waals surface area contributed by atoms with Gasteiger partial charge < -0.3 is 19.8 Å². The summed E-state index contributed by atoms with van der Waals surface area (Å²) in [6, 6.07) is 0. The van der Waals surface area contributed by atoms with Gasteiger partial charge in [-0.05, 0) is 30.8 Å². The summed E-state index contributed by atoms with van der Waals surface area (Å²) in [4.78, 5) is 19.2. The zero-order valence-electron chi connectivity index (χ0n) is 13.1. The van der Waals surface area contributed by atoms with Gasteiger partial charge in [-0.25, -0.2) is 0 Å². The fourth-order valence-corrected chi connectivity index (χ4v) is 1.10. The van der Waals surface area contributed by atoms with Gasteiger partial charge in [0.05, 0.1) is 5.97 Å². The third-order valence-corrected chi connectivity index (χ3v) is 1.97. The fourth-order valence-electron chi connectivity index (χ4n) is 1.10. The Bertz CT molecular complexity index is 250. The molecular weight excluding hydrogens is 416 g/mol. The first-order valence-corrected chi connectivity index (χ1v) is 5.72. The minimum atomic E-state index is -1.23. The second-order valence-electron chi connectivity index (χ2n) is 5.02. The first-order chi connectivity index (χ1) is 7.69. The van der Waals surface area contributed by atoms with Crippen molar-refractivity contribution in [3.63, 3.8) is 0 Å². The van der Waals surface area contributed by atoms with Crippen molar-refractivity contribution in [2.24, 2.45) is 5.41 Å². The van der Waals surface area contributed by atoms with Crippen molar-refractivity contribution < 1.29 is 78.2 Å². The summed E-state index contributed by atoms with van der Waals surface area (Å²) in [5.41, 5.74) is 0.376. The number of rotatable bonds is 6. The molecule has 0 aliphatic heterocycles. The van der Waals surface area contributed by atoms with Crippen LogP contribution in [-0.2, 0) is 68.0 Å². The number of hydrogen-bond donors (Lipinski definition) is 0. The Morgan fingerprint density at radius 3 is 1.65 bits per heavy atom. The largest absolute Gasteiger partial charge is 2.00 e. The quantitative estimate of drug-likeness (QED) is 0.347. The van der Waals surface area contributed by atoms with Gasteiger partial charge in [-0.15, -0.1) is 0 Å². The molecule has 7 heteroatoms. The van der Waals surface area contributed by atoms with Crippen molar-refractivity contribution in [3.8, 4) is 0 Å². The van der Waals surface area contributed by atoms with E-state index in [4.69, 9.17) is 9.90 Å². The first kappa shape index (κ1) is 32.5. The number of unbranched alkanes of at least 4 members (excludes halogenated alkanes) is 2. The maximum atomic E-state index is 10.0. The van der Waals surface area contributed by atoms with E-state index in [1.165, 1.54) is 6.42 Å². The smallest absolute Gasteiger partial charge is 0.550 e. The van der Waals surface area contributed by atoms with Crippen LogP contribution < -0.4 is 10.2 Å². The molecule has 0 spiro atoms. The number of carbonyl (C=O) groups is 2. The van der Waals surface area contributed by atoms with Crippen molar-refractivity contribution in [3.05, 3.63) is 12.7 Å². The van der Waals surface area contributed by atoms with Gasteiger partial charge in [0.15, 0.2) is 0 Å². The molecule has 0 amide bonds. The molecule has 0 heterocycles. The Balaban J connectivity index is -0.0000000821.